The van der Waals surface area contributed by atoms with Crippen molar-refractivity contribution in [1.82, 2.24) is 5.32 Å². The predicted molar refractivity (Wildman–Crippen MR) is 379 cm³/mol. The number of hydrogen-bond acceptors (Lipinski definition) is 5. The largest absolute Gasteiger partial charge is 0.466 e. The molecule has 0 aliphatic rings. The maximum atomic E-state index is 12.5. The minimum Gasteiger partial charge on any atom is -0.466 e. The number of unbranched alkanes of at least 4 members (excludes halogenated alkanes) is 53. The van der Waals surface area contributed by atoms with Crippen molar-refractivity contribution in [3.63, 3.8) is 0 Å². The molecule has 0 aromatic heterocycles. The van der Waals surface area contributed by atoms with Crippen LogP contribution in [0.5, 0.6) is 0 Å². The highest BCUT2D eigenvalue weighted by Crippen LogP contribution is 2.19. The van der Waals surface area contributed by atoms with E-state index in [4.69, 9.17) is 4.74 Å². The van der Waals surface area contributed by atoms with Crippen LogP contribution in [0.2, 0.25) is 0 Å². The molecule has 0 heterocycles. The first-order valence-electron chi connectivity index (χ1n) is 38.6. The molecule has 2 atom stereocenters. The van der Waals surface area contributed by atoms with Gasteiger partial charge >= 0.3 is 5.97 Å². The van der Waals surface area contributed by atoms with Gasteiger partial charge < -0.3 is 20.3 Å². The Labute approximate surface area is 537 Å². The summed E-state index contributed by atoms with van der Waals surface area (Å²) in [5.41, 5.74) is 0. The molecule has 3 N–H and O–H groups in total. The van der Waals surface area contributed by atoms with E-state index in [-0.39, 0.29) is 18.5 Å². The fraction of sp³-hybridized carbons (Fsp3) is 0.850. The van der Waals surface area contributed by atoms with E-state index >= 15 is 0 Å². The molecule has 1 amide bonds. The lowest BCUT2D eigenvalue weighted by atomic mass is 10.0. The third-order valence-corrected chi connectivity index (χ3v) is 17.7. The Bertz CT molecular complexity index is 1480. The van der Waals surface area contributed by atoms with E-state index in [9.17, 15) is 19.8 Å². The quantitative estimate of drug-likeness (QED) is 0.0320. The van der Waals surface area contributed by atoms with Crippen molar-refractivity contribution in [1.29, 1.82) is 0 Å². The van der Waals surface area contributed by atoms with Crippen molar-refractivity contribution >= 4 is 11.9 Å². The van der Waals surface area contributed by atoms with Crippen LogP contribution >= 0.6 is 0 Å². The first-order chi connectivity index (χ1) is 42.5. The Hall–Kier alpha value is -2.44. The Morgan fingerprint density at radius 2 is 0.605 bits per heavy atom. The van der Waals surface area contributed by atoms with Crippen LogP contribution in [-0.2, 0) is 14.3 Å². The summed E-state index contributed by atoms with van der Waals surface area (Å²) < 4.78 is 5.48. The van der Waals surface area contributed by atoms with E-state index < -0.39 is 12.1 Å². The maximum Gasteiger partial charge on any atom is 0.305 e. The van der Waals surface area contributed by atoms with Crippen LogP contribution in [0.1, 0.15) is 412 Å². The molecule has 0 saturated heterocycles. The van der Waals surface area contributed by atoms with Gasteiger partial charge in [-0.1, -0.05) is 370 Å². The van der Waals surface area contributed by atoms with E-state index in [0.717, 1.165) is 57.8 Å². The van der Waals surface area contributed by atoms with Crippen LogP contribution in [0.3, 0.4) is 0 Å². The number of aliphatic hydroxyl groups is 2. The zero-order valence-electron chi connectivity index (χ0n) is 57.8. The van der Waals surface area contributed by atoms with Crippen LogP contribution < -0.4 is 5.32 Å². The standard InChI is InChI=1S/C80H149NO5/c1-3-5-7-9-11-13-15-17-18-19-39-42-45-49-52-56-60-64-68-72-78(83)77(76-82)81-79(84)73-69-65-61-57-53-50-46-43-40-37-35-33-31-29-27-25-23-21-20-22-24-26-28-30-32-34-36-38-41-44-47-51-55-59-63-67-71-75-86-80(85)74-70-66-62-58-54-48-16-14-12-10-8-6-4-2/h8,10,14,16,20,22,26,28,68,72,77-78,82-83H,3-7,9,11-13,15,17-19,21,23-25,27,29-67,69-71,73-76H2,1-2H3,(H,81,84)/b10-8-,16-14-,22-20-,28-26-,72-68+. The number of esters is 1. The van der Waals surface area contributed by atoms with Crippen molar-refractivity contribution in [3.05, 3.63) is 60.8 Å². The summed E-state index contributed by atoms with van der Waals surface area (Å²) in [6.07, 6.45) is 101. The molecule has 0 aliphatic carbocycles. The molecule has 0 saturated carbocycles. The number of carbonyl (C=O) groups excluding carboxylic acids is 2. The van der Waals surface area contributed by atoms with E-state index in [0.29, 0.717) is 19.4 Å². The van der Waals surface area contributed by atoms with Gasteiger partial charge in [-0.05, 0) is 89.9 Å². The Morgan fingerprint density at radius 3 is 0.930 bits per heavy atom. The summed E-state index contributed by atoms with van der Waals surface area (Å²) in [4.78, 5) is 24.6. The summed E-state index contributed by atoms with van der Waals surface area (Å²) in [6, 6.07) is -0.627. The molecule has 0 aliphatic heterocycles. The highest BCUT2D eigenvalue weighted by molar-refractivity contribution is 5.76. The van der Waals surface area contributed by atoms with E-state index in [2.05, 4.69) is 67.8 Å². The SMILES string of the molecule is CCC/C=C\C/C=C\CCCCCCCC(=O)OCCCCCCCCCCCCCCC/C=C\C/C=C\CCCCCCCCCCCCCCCCCCCC(=O)NC(CO)C(O)/C=C/CCCCCCCCCCCCCCCCCCC. The van der Waals surface area contributed by atoms with E-state index in [1.165, 1.54) is 327 Å². The molecular formula is C80H149NO5. The number of carbonyl (C=O) groups is 2. The van der Waals surface area contributed by atoms with Gasteiger partial charge in [-0.25, -0.2) is 0 Å². The lowest BCUT2D eigenvalue weighted by Gasteiger charge is -2.20. The smallest absolute Gasteiger partial charge is 0.305 e. The third-order valence-electron chi connectivity index (χ3n) is 17.7. The Morgan fingerprint density at radius 1 is 0.326 bits per heavy atom. The number of rotatable bonds is 72. The van der Waals surface area contributed by atoms with Gasteiger partial charge in [0.2, 0.25) is 5.91 Å². The van der Waals surface area contributed by atoms with Crippen LogP contribution in [0, 0.1) is 0 Å². The van der Waals surface area contributed by atoms with Gasteiger partial charge in [0, 0.05) is 12.8 Å². The fourth-order valence-electron chi connectivity index (χ4n) is 11.9. The second-order valence-electron chi connectivity index (χ2n) is 26.3. The molecule has 0 fully saturated rings. The van der Waals surface area contributed by atoms with Crippen molar-refractivity contribution < 1.29 is 24.5 Å². The average molecular weight is 1210 g/mol. The second kappa shape index (κ2) is 75.0. The number of allylic oxidation sites excluding steroid dienone is 9. The van der Waals surface area contributed by atoms with Gasteiger partial charge in [-0.2, -0.15) is 0 Å². The van der Waals surface area contributed by atoms with Crippen LogP contribution in [0.25, 0.3) is 0 Å². The molecule has 86 heavy (non-hydrogen) atoms. The lowest BCUT2D eigenvalue weighted by molar-refractivity contribution is -0.143. The molecular weight excluding hydrogens is 1050 g/mol. The zero-order valence-corrected chi connectivity index (χ0v) is 57.8. The molecule has 2 unspecified atom stereocenters. The van der Waals surface area contributed by atoms with Gasteiger partial charge in [-0.15, -0.1) is 0 Å². The summed E-state index contributed by atoms with van der Waals surface area (Å²) in [7, 11) is 0. The minimum absolute atomic E-state index is 0.00311. The summed E-state index contributed by atoms with van der Waals surface area (Å²) in [5, 5.41) is 23.3. The van der Waals surface area contributed by atoms with Crippen molar-refractivity contribution in [2.24, 2.45) is 0 Å². The highest BCUT2D eigenvalue weighted by Gasteiger charge is 2.18. The van der Waals surface area contributed by atoms with Gasteiger partial charge in [0.25, 0.3) is 0 Å². The Balaban J connectivity index is 3.39. The molecule has 0 bridgehead atoms. The van der Waals surface area contributed by atoms with Crippen molar-refractivity contribution in [2.45, 2.75) is 424 Å². The Kier molecular flexibility index (Phi) is 72.9. The topological polar surface area (TPSA) is 95.9 Å². The number of hydrogen-bond donors (Lipinski definition) is 3. The van der Waals surface area contributed by atoms with Crippen LogP contribution in [0.4, 0.5) is 0 Å². The zero-order chi connectivity index (χ0) is 62.0. The molecule has 0 radical (unpaired) electrons. The predicted octanol–water partition coefficient (Wildman–Crippen LogP) is 25.4. The first kappa shape index (κ1) is 83.6. The molecule has 0 aromatic rings. The maximum absolute atomic E-state index is 12.5. The molecule has 504 valence electrons. The fourth-order valence-corrected chi connectivity index (χ4v) is 11.9. The van der Waals surface area contributed by atoms with Crippen LogP contribution in [0.15, 0.2) is 60.8 Å². The van der Waals surface area contributed by atoms with Gasteiger partial charge in [0.05, 0.1) is 25.4 Å². The normalized spacial score (nSPS) is 12.8. The number of nitrogens with one attached hydrogen (secondary N) is 1. The average Bonchev–Trinajstić information content (AvgIpc) is 3.55. The summed E-state index contributed by atoms with van der Waals surface area (Å²) in [6.45, 7) is 4.87. The van der Waals surface area contributed by atoms with Crippen molar-refractivity contribution in [2.75, 3.05) is 13.2 Å². The first-order valence-corrected chi connectivity index (χ1v) is 38.6. The van der Waals surface area contributed by atoms with Gasteiger partial charge in [0.15, 0.2) is 0 Å². The number of ether oxygens (including phenoxy) is 1. The van der Waals surface area contributed by atoms with E-state index in [1.807, 2.05) is 6.08 Å². The summed E-state index contributed by atoms with van der Waals surface area (Å²) >= 11 is 0. The highest BCUT2D eigenvalue weighted by atomic mass is 16.5. The molecule has 0 aromatic carbocycles. The monoisotopic (exact) mass is 1200 g/mol. The molecule has 0 spiro atoms. The molecule has 0 rings (SSSR count). The van der Waals surface area contributed by atoms with Crippen molar-refractivity contribution in [3.8, 4) is 0 Å². The lowest BCUT2D eigenvalue weighted by Crippen LogP contribution is -2.45. The molecule has 6 nitrogen and oxygen atoms in total. The van der Waals surface area contributed by atoms with Gasteiger partial charge in [0.1, 0.15) is 0 Å². The molecule has 6 heteroatoms. The third kappa shape index (κ3) is 70.6. The number of aliphatic hydroxyl groups excluding tert-OH is 2. The van der Waals surface area contributed by atoms with Crippen LogP contribution in [-0.4, -0.2) is 47.4 Å². The van der Waals surface area contributed by atoms with E-state index in [1.54, 1.807) is 6.08 Å². The summed E-state index contributed by atoms with van der Waals surface area (Å²) in [5.74, 6) is -0.0589. The number of amides is 1. The minimum atomic E-state index is -0.844. The second-order valence-corrected chi connectivity index (χ2v) is 26.3. The van der Waals surface area contributed by atoms with Gasteiger partial charge in [-0.3, -0.25) is 9.59 Å².